The van der Waals surface area contributed by atoms with E-state index < -0.39 is 0 Å². The van der Waals surface area contributed by atoms with Crippen molar-refractivity contribution in [3.8, 4) is 0 Å². The van der Waals surface area contributed by atoms with Gasteiger partial charge in [-0.1, -0.05) is 76.6 Å². The van der Waals surface area contributed by atoms with E-state index >= 15 is 0 Å². The first-order valence-electron chi connectivity index (χ1n) is 18.4. The summed E-state index contributed by atoms with van der Waals surface area (Å²) in [7, 11) is 0. The minimum atomic E-state index is -0.208. The average Bonchev–Trinajstić information content (AvgIpc) is 3.10. The lowest BCUT2D eigenvalue weighted by atomic mass is 10.2. The predicted molar refractivity (Wildman–Crippen MR) is 212 cm³/mol. The van der Waals surface area contributed by atoms with E-state index in [1.54, 1.807) is 9.13 Å². The summed E-state index contributed by atoms with van der Waals surface area (Å²) < 4.78 is 6.36. The van der Waals surface area contributed by atoms with Crippen LogP contribution in [-0.2, 0) is 26.2 Å². The van der Waals surface area contributed by atoms with Gasteiger partial charge < -0.3 is 10.6 Å². The molecule has 0 bridgehead atoms. The number of nitrogens with one attached hydrogen (secondary N) is 2. The molecule has 4 rings (SSSR count). The zero-order valence-electron chi connectivity index (χ0n) is 30.0. The maximum atomic E-state index is 13.3. The van der Waals surface area contributed by atoms with Gasteiger partial charge in [-0.2, -0.15) is 0 Å². The van der Waals surface area contributed by atoms with E-state index in [4.69, 9.17) is 0 Å². The third kappa shape index (κ3) is 11.7. The lowest BCUT2D eigenvalue weighted by Crippen LogP contribution is -2.40. The van der Waals surface area contributed by atoms with Gasteiger partial charge in [-0.3, -0.25) is 27.9 Å². The van der Waals surface area contributed by atoms with Crippen molar-refractivity contribution < 1.29 is 0 Å². The number of aromatic nitrogens is 4. The summed E-state index contributed by atoms with van der Waals surface area (Å²) in [5, 5.41) is 8.10. The molecule has 0 atom stereocenters. The Morgan fingerprint density at radius 1 is 0.440 bits per heavy atom. The van der Waals surface area contributed by atoms with E-state index in [1.807, 2.05) is 48.5 Å². The number of halogens is 2. The monoisotopic (exact) mass is 732 g/mol. The number of unbranched alkanes of at least 4 members (excludes halogenated alkanes) is 7. The van der Waals surface area contributed by atoms with E-state index in [1.165, 1.54) is 9.13 Å². The maximum Gasteiger partial charge on any atom is 0.331 e. The SMILES string of the molecule is CCCCCCn1c(=O)n(CCCNCCCCNCCCn2c(=O)c3ccccc3n(CCCCCC)c2=O)c(=O)c2ccccc21.Cl.Cl. The Kier molecular flexibility index (Phi) is 20.1. The average molecular weight is 734 g/mol. The number of rotatable bonds is 23. The molecule has 12 heteroatoms. The lowest BCUT2D eigenvalue weighted by molar-refractivity contribution is 0.499. The van der Waals surface area contributed by atoms with Crippen LogP contribution in [0.25, 0.3) is 21.8 Å². The zero-order chi connectivity index (χ0) is 34.1. The summed E-state index contributed by atoms with van der Waals surface area (Å²) in [6.07, 6.45) is 12.0. The number of para-hydroxylation sites is 2. The quantitative estimate of drug-likeness (QED) is 0.0895. The van der Waals surface area contributed by atoms with E-state index in [0.29, 0.717) is 49.8 Å². The first-order chi connectivity index (χ1) is 23.5. The molecule has 0 fully saturated rings. The molecule has 278 valence electrons. The van der Waals surface area contributed by atoms with Crippen LogP contribution in [0.4, 0.5) is 0 Å². The summed E-state index contributed by atoms with van der Waals surface area (Å²) in [6.45, 7) is 9.59. The van der Waals surface area contributed by atoms with E-state index in [-0.39, 0.29) is 47.3 Å². The summed E-state index contributed by atoms with van der Waals surface area (Å²) in [5.41, 5.74) is 0.631. The Labute approximate surface area is 308 Å². The largest absolute Gasteiger partial charge is 0.331 e. The molecular weight excluding hydrogens is 675 g/mol. The van der Waals surface area contributed by atoms with Gasteiger partial charge in [0, 0.05) is 26.2 Å². The van der Waals surface area contributed by atoms with Crippen molar-refractivity contribution in [3.05, 3.63) is 90.2 Å². The Morgan fingerprint density at radius 2 is 0.800 bits per heavy atom. The molecule has 0 saturated heterocycles. The molecule has 2 N–H and O–H groups in total. The van der Waals surface area contributed by atoms with Crippen molar-refractivity contribution in [3.63, 3.8) is 0 Å². The highest BCUT2D eigenvalue weighted by molar-refractivity contribution is 5.85. The van der Waals surface area contributed by atoms with Crippen molar-refractivity contribution in [2.75, 3.05) is 26.2 Å². The van der Waals surface area contributed by atoms with Crippen LogP contribution in [0, 0.1) is 0 Å². The third-order valence-corrected chi connectivity index (χ3v) is 9.16. The van der Waals surface area contributed by atoms with Crippen molar-refractivity contribution in [1.82, 2.24) is 28.9 Å². The molecule has 2 aromatic carbocycles. The maximum absolute atomic E-state index is 13.3. The van der Waals surface area contributed by atoms with Gasteiger partial charge in [-0.15, -0.1) is 24.8 Å². The highest BCUT2D eigenvalue weighted by Gasteiger charge is 2.14. The number of benzene rings is 2. The van der Waals surface area contributed by atoms with Crippen molar-refractivity contribution in [2.45, 2.75) is 117 Å². The van der Waals surface area contributed by atoms with Crippen LogP contribution in [0.5, 0.6) is 0 Å². The summed E-state index contributed by atoms with van der Waals surface area (Å²) >= 11 is 0. The summed E-state index contributed by atoms with van der Waals surface area (Å²) in [6, 6.07) is 14.9. The Bertz CT molecular complexity index is 1700. The Balaban J connectivity index is 0.00000433. The van der Waals surface area contributed by atoms with Crippen LogP contribution in [0.1, 0.15) is 90.9 Å². The topological polar surface area (TPSA) is 112 Å². The molecule has 0 radical (unpaired) electrons. The van der Waals surface area contributed by atoms with Crippen LogP contribution >= 0.6 is 24.8 Å². The van der Waals surface area contributed by atoms with Crippen molar-refractivity contribution in [1.29, 1.82) is 0 Å². The van der Waals surface area contributed by atoms with Gasteiger partial charge in [0.15, 0.2) is 0 Å². The molecule has 4 aromatic rings. The highest BCUT2D eigenvalue weighted by atomic mass is 35.5. The van der Waals surface area contributed by atoms with Crippen molar-refractivity contribution in [2.24, 2.45) is 0 Å². The van der Waals surface area contributed by atoms with Crippen LogP contribution in [0.2, 0.25) is 0 Å². The molecule has 10 nitrogen and oxygen atoms in total. The van der Waals surface area contributed by atoms with Crippen LogP contribution < -0.4 is 33.1 Å². The predicted octanol–water partition coefficient (Wildman–Crippen LogP) is 6.08. The molecule has 50 heavy (non-hydrogen) atoms. The Morgan fingerprint density at radius 3 is 1.20 bits per heavy atom. The van der Waals surface area contributed by atoms with Crippen LogP contribution in [-0.4, -0.2) is 44.4 Å². The smallest absolute Gasteiger partial charge is 0.317 e. The molecule has 0 spiro atoms. The molecule has 0 aliphatic heterocycles. The van der Waals surface area contributed by atoms with Crippen LogP contribution in [0.15, 0.2) is 67.7 Å². The summed E-state index contributed by atoms with van der Waals surface area (Å²) in [5.74, 6) is 0. The second-order valence-corrected chi connectivity index (χ2v) is 12.9. The molecule has 2 aromatic heterocycles. The number of hydrogen-bond acceptors (Lipinski definition) is 6. The van der Waals surface area contributed by atoms with Gasteiger partial charge in [-0.25, -0.2) is 9.59 Å². The molecule has 0 amide bonds. The molecule has 0 aliphatic carbocycles. The third-order valence-electron chi connectivity index (χ3n) is 9.16. The van der Waals surface area contributed by atoms with Crippen molar-refractivity contribution >= 4 is 46.6 Å². The molecule has 0 aliphatic rings. The molecule has 2 heterocycles. The van der Waals surface area contributed by atoms with Gasteiger partial charge in [0.2, 0.25) is 0 Å². The normalized spacial score (nSPS) is 11.2. The number of nitrogens with zero attached hydrogens (tertiary/aromatic N) is 4. The number of aryl methyl sites for hydroxylation is 2. The lowest BCUT2D eigenvalue weighted by Gasteiger charge is -2.14. The number of hydrogen-bond donors (Lipinski definition) is 2. The fourth-order valence-electron chi connectivity index (χ4n) is 6.44. The van der Waals surface area contributed by atoms with Crippen LogP contribution in [0.3, 0.4) is 0 Å². The molecular formula is C38H58Cl2N6O4. The Hall–Kier alpha value is -3.18. The fraction of sp³-hybridized carbons (Fsp3) is 0.579. The molecule has 0 unspecified atom stereocenters. The van der Waals surface area contributed by atoms with E-state index in [9.17, 15) is 19.2 Å². The minimum absolute atomic E-state index is 0. The molecule has 0 saturated carbocycles. The first kappa shape index (κ1) is 43.0. The number of fused-ring (bicyclic) bond motifs is 2. The summed E-state index contributed by atoms with van der Waals surface area (Å²) in [4.78, 5) is 52.8. The second kappa shape index (κ2) is 23.3. The van der Waals surface area contributed by atoms with Gasteiger partial charge >= 0.3 is 11.4 Å². The van der Waals surface area contributed by atoms with Gasteiger partial charge in [0.25, 0.3) is 11.1 Å². The van der Waals surface area contributed by atoms with E-state index in [2.05, 4.69) is 24.5 Å². The second-order valence-electron chi connectivity index (χ2n) is 12.9. The first-order valence-corrected chi connectivity index (χ1v) is 18.4. The minimum Gasteiger partial charge on any atom is -0.317 e. The van der Waals surface area contributed by atoms with Gasteiger partial charge in [0.05, 0.1) is 21.8 Å². The van der Waals surface area contributed by atoms with Gasteiger partial charge in [-0.05, 0) is 89.0 Å². The fourth-order valence-corrected chi connectivity index (χ4v) is 6.44. The zero-order valence-corrected chi connectivity index (χ0v) is 31.6. The standard InChI is InChI=1S/C38H56N6O4.2ClH/c1-3-5-7-15-27-41-33-21-11-9-19-31(33)35(45)43(37(41)47)29-17-25-39-23-13-14-24-40-26-18-30-44-36(46)32-20-10-12-22-34(32)42(38(44)48)28-16-8-6-4-2;;/h9-12,19-22,39-40H,3-8,13-18,23-30H2,1-2H3;2*1H. The van der Waals surface area contributed by atoms with E-state index in [0.717, 1.165) is 101 Å². The van der Waals surface area contributed by atoms with Gasteiger partial charge in [0.1, 0.15) is 0 Å². The highest BCUT2D eigenvalue weighted by Crippen LogP contribution is 2.11.